The number of halogens is 2. The van der Waals surface area contributed by atoms with E-state index in [9.17, 15) is 0 Å². The second-order valence-electron chi connectivity index (χ2n) is 6.13. The van der Waals surface area contributed by atoms with Crippen molar-refractivity contribution in [3.05, 3.63) is 66.3 Å². The van der Waals surface area contributed by atoms with Crippen LogP contribution in [0, 0.1) is 0 Å². The van der Waals surface area contributed by atoms with Crippen molar-refractivity contribution in [1.82, 2.24) is 29.6 Å². The predicted molar refractivity (Wildman–Crippen MR) is 102 cm³/mol. The summed E-state index contributed by atoms with van der Waals surface area (Å²) < 4.78 is 33.2. The summed E-state index contributed by atoms with van der Waals surface area (Å²) in [7, 11) is 1.76. The first kappa shape index (κ1) is 17.7. The van der Waals surface area contributed by atoms with Gasteiger partial charge in [0.25, 0.3) is 0 Å². The van der Waals surface area contributed by atoms with Gasteiger partial charge >= 0.3 is 5.92 Å². The Balaban J connectivity index is 1.85. The lowest BCUT2D eigenvalue weighted by molar-refractivity contribution is 0.0306. The Labute approximate surface area is 158 Å². The number of benzene rings is 1. The molecule has 3 heterocycles. The van der Waals surface area contributed by atoms with Crippen molar-refractivity contribution in [2.75, 3.05) is 0 Å². The monoisotopic (exact) mass is 379 g/mol. The Morgan fingerprint density at radius 3 is 2.68 bits per heavy atom. The first-order chi connectivity index (χ1) is 13.4. The smallest absolute Gasteiger partial charge is 0.275 e. The quantitative estimate of drug-likeness (QED) is 0.496. The molecule has 0 aliphatic rings. The predicted octanol–water partition coefficient (Wildman–Crippen LogP) is 3.64. The number of fused-ring (bicyclic) bond motifs is 1. The van der Waals surface area contributed by atoms with Crippen LogP contribution in [0.15, 0.2) is 54.3 Å². The Kier molecular flexibility index (Phi) is 4.07. The van der Waals surface area contributed by atoms with Crippen molar-refractivity contribution < 1.29 is 8.78 Å². The van der Waals surface area contributed by atoms with E-state index in [1.54, 1.807) is 36.3 Å². The Hall–Kier alpha value is -3.75. The Bertz CT molecular complexity index is 1210. The normalized spacial score (nSPS) is 11.7. The number of hydrogen-bond acceptors (Lipinski definition) is 5. The Morgan fingerprint density at radius 2 is 2.00 bits per heavy atom. The fourth-order valence-electron chi connectivity index (χ4n) is 2.88. The third-order valence-electron chi connectivity index (χ3n) is 4.32. The minimum atomic E-state index is -3.43. The van der Waals surface area contributed by atoms with Crippen LogP contribution in [0.3, 0.4) is 0 Å². The molecule has 0 saturated heterocycles. The van der Waals surface area contributed by atoms with Gasteiger partial charge in [0, 0.05) is 24.4 Å². The Morgan fingerprint density at radius 1 is 1.18 bits per heavy atom. The average Bonchev–Trinajstić information content (AvgIpc) is 3.33. The summed E-state index contributed by atoms with van der Waals surface area (Å²) in [5, 5.41) is 15.9. The molecule has 4 rings (SSSR count). The topological polar surface area (TPSA) is 73.3 Å². The molecule has 1 aromatic carbocycles. The van der Waals surface area contributed by atoms with E-state index in [0.717, 1.165) is 4.52 Å². The highest BCUT2D eigenvalue weighted by Gasteiger charge is 2.40. The maximum Gasteiger partial charge on any atom is 0.333 e. The van der Waals surface area contributed by atoms with Gasteiger partial charge in [-0.15, -0.1) is 10.2 Å². The van der Waals surface area contributed by atoms with E-state index in [1.165, 1.54) is 24.3 Å². The molecule has 0 aliphatic carbocycles. The third-order valence-corrected chi connectivity index (χ3v) is 4.32. The van der Waals surface area contributed by atoms with Gasteiger partial charge in [0.1, 0.15) is 0 Å². The second kappa shape index (κ2) is 6.45. The van der Waals surface area contributed by atoms with Crippen LogP contribution >= 0.6 is 0 Å². The molecule has 0 fully saturated rings. The highest BCUT2D eigenvalue weighted by atomic mass is 19.3. The van der Waals surface area contributed by atoms with Gasteiger partial charge in [0.2, 0.25) is 5.82 Å². The van der Waals surface area contributed by atoms with Crippen LogP contribution in [0.4, 0.5) is 14.5 Å². The molecule has 0 saturated carbocycles. The number of aryl methyl sites for hydroxylation is 1. The summed E-state index contributed by atoms with van der Waals surface area (Å²) in [6.07, 6.45) is 4.80. The molecule has 0 bridgehead atoms. The molecule has 0 unspecified atom stereocenters. The van der Waals surface area contributed by atoms with E-state index in [-0.39, 0.29) is 11.2 Å². The molecule has 0 radical (unpaired) electrons. The highest BCUT2D eigenvalue weighted by molar-refractivity contribution is 5.66. The molecule has 0 amide bonds. The first-order valence-electron chi connectivity index (χ1n) is 8.27. The summed E-state index contributed by atoms with van der Waals surface area (Å²) in [5.74, 6) is -4.01. The number of rotatable bonds is 5. The minimum Gasteiger partial charge on any atom is -0.275 e. The van der Waals surface area contributed by atoms with Crippen LogP contribution in [-0.4, -0.2) is 36.3 Å². The molecule has 4 aromatic rings. The number of aliphatic imine (C=N–C) groups is 1. The number of hydrogen-bond donors (Lipinski definition) is 0. The van der Waals surface area contributed by atoms with Gasteiger partial charge < -0.3 is 0 Å². The van der Waals surface area contributed by atoms with E-state index in [2.05, 4.69) is 38.7 Å². The maximum atomic E-state index is 15.3. The third kappa shape index (κ3) is 2.77. The summed E-state index contributed by atoms with van der Waals surface area (Å²) in [6, 6.07) is 7.32. The van der Waals surface area contributed by atoms with Crippen molar-refractivity contribution in [3.8, 4) is 11.3 Å². The average molecular weight is 379 g/mol. The largest absolute Gasteiger partial charge is 0.333 e. The van der Waals surface area contributed by atoms with Crippen molar-refractivity contribution >= 4 is 24.1 Å². The van der Waals surface area contributed by atoms with Crippen molar-refractivity contribution in [2.45, 2.75) is 5.92 Å². The SMILES string of the molecule is C=Cc1cc(C(F)(F)c2nnc3ccc(-c4cnn(C)c4)nn23)ccc1N=C. The highest BCUT2D eigenvalue weighted by Crippen LogP contribution is 2.37. The molecule has 0 aliphatic heterocycles. The van der Waals surface area contributed by atoms with Gasteiger partial charge in [-0.05, 0) is 36.5 Å². The van der Waals surface area contributed by atoms with Crippen molar-refractivity contribution in [3.63, 3.8) is 0 Å². The van der Waals surface area contributed by atoms with E-state index < -0.39 is 11.7 Å². The molecule has 0 N–H and O–H groups in total. The lowest BCUT2D eigenvalue weighted by atomic mass is 10.0. The van der Waals surface area contributed by atoms with Crippen LogP contribution in [-0.2, 0) is 13.0 Å². The lowest BCUT2D eigenvalue weighted by Crippen LogP contribution is -2.20. The molecule has 0 atom stereocenters. The van der Waals surface area contributed by atoms with Crippen LogP contribution < -0.4 is 0 Å². The van der Waals surface area contributed by atoms with E-state index in [4.69, 9.17) is 0 Å². The van der Waals surface area contributed by atoms with Crippen LogP contribution in [0.2, 0.25) is 0 Å². The van der Waals surface area contributed by atoms with Gasteiger partial charge in [0.15, 0.2) is 5.65 Å². The fraction of sp³-hybridized carbons (Fsp3) is 0.105. The van der Waals surface area contributed by atoms with E-state index in [1.807, 2.05) is 0 Å². The van der Waals surface area contributed by atoms with Gasteiger partial charge in [-0.2, -0.15) is 23.5 Å². The van der Waals surface area contributed by atoms with Crippen molar-refractivity contribution in [1.29, 1.82) is 0 Å². The van der Waals surface area contributed by atoms with E-state index >= 15 is 8.78 Å². The van der Waals surface area contributed by atoms with Crippen molar-refractivity contribution in [2.24, 2.45) is 12.0 Å². The van der Waals surface area contributed by atoms with Crippen LogP contribution in [0.5, 0.6) is 0 Å². The number of aromatic nitrogens is 6. The zero-order valence-electron chi connectivity index (χ0n) is 14.9. The van der Waals surface area contributed by atoms with Gasteiger partial charge in [-0.3, -0.25) is 9.67 Å². The maximum absolute atomic E-state index is 15.3. The van der Waals surface area contributed by atoms with Crippen LogP contribution in [0.25, 0.3) is 23.0 Å². The summed E-state index contributed by atoms with van der Waals surface area (Å²) in [4.78, 5) is 3.80. The van der Waals surface area contributed by atoms with Gasteiger partial charge in [-0.1, -0.05) is 18.7 Å². The molecule has 0 spiro atoms. The zero-order valence-corrected chi connectivity index (χ0v) is 14.9. The number of alkyl halides is 2. The van der Waals surface area contributed by atoms with Gasteiger partial charge in [-0.25, -0.2) is 0 Å². The molecular weight excluding hydrogens is 364 g/mol. The molecule has 28 heavy (non-hydrogen) atoms. The standard InChI is InChI=1S/C19H15F2N7/c1-4-12-9-14(5-6-15(12)22-2)19(20,21)18-25-24-17-8-7-16(26-28(17)18)13-10-23-27(3)11-13/h4-11H,1-2H2,3H3. The minimum absolute atomic E-state index is 0.218. The summed E-state index contributed by atoms with van der Waals surface area (Å²) >= 11 is 0. The zero-order chi connectivity index (χ0) is 19.9. The molecule has 7 nitrogen and oxygen atoms in total. The molecule has 9 heteroatoms. The summed E-state index contributed by atoms with van der Waals surface area (Å²) in [5.41, 5.74) is 2.05. The summed E-state index contributed by atoms with van der Waals surface area (Å²) in [6.45, 7) is 7.07. The lowest BCUT2D eigenvalue weighted by Gasteiger charge is -2.16. The first-order valence-corrected chi connectivity index (χ1v) is 8.27. The molecule has 140 valence electrons. The van der Waals surface area contributed by atoms with Gasteiger partial charge in [0.05, 0.1) is 17.6 Å². The number of nitrogens with zero attached hydrogens (tertiary/aromatic N) is 7. The second-order valence-corrected chi connectivity index (χ2v) is 6.13. The molecule has 3 aromatic heterocycles. The van der Waals surface area contributed by atoms with Crippen LogP contribution in [0.1, 0.15) is 17.0 Å². The van der Waals surface area contributed by atoms with E-state index in [0.29, 0.717) is 22.5 Å². The fourth-order valence-corrected chi connectivity index (χ4v) is 2.88. The molecular formula is C19H15F2N7.